The number of anilines is 3. The van der Waals surface area contributed by atoms with Gasteiger partial charge in [0, 0.05) is 32.4 Å². The molecule has 1 heterocycles. The minimum atomic E-state index is 0.507. The average molecular weight is 191 g/mol. The van der Waals surface area contributed by atoms with Crippen LogP contribution in [0.3, 0.4) is 0 Å². The SMILES string of the molecule is CC1CNc2cc(N(C)C)ccc2N1. The molecule has 1 aromatic carbocycles. The van der Waals surface area contributed by atoms with Crippen molar-refractivity contribution in [2.75, 3.05) is 36.2 Å². The van der Waals surface area contributed by atoms with E-state index in [9.17, 15) is 0 Å². The van der Waals surface area contributed by atoms with Crippen molar-refractivity contribution in [3.63, 3.8) is 0 Å². The number of nitrogens with one attached hydrogen (secondary N) is 2. The summed E-state index contributed by atoms with van der Waals surface area (Å²) in [5.41, 5.74) is 3.64. The largest absolute Gasteiger partial charge is 0.381 e. The van der Waals surface area contributed by atoms with E-state index in [1.165, 1.54) is 17.1 Å². The van der Waals surface area contributed by atoms with Gasteiger partial charge in [0.1, 0.15) is 0 Å². The first-order chi connectivity index (χ1) is 6.66. The summed E-state index contributed by atoms with van der Waals surface area (Å²) in [4.78, 5) is 2.11. The Morgan fingerprint density at radius 3 is 2.79 bits per heavy atom. The number of hydrogen-bond acceptors (Lipinski definition) is 3. The van der Waals surface area contributed by atoms with E-state index in [2.05, 4.69) is 54.8 Å². The molecule has 1 aliphatic rings. The molecule has 1 unspecified atom stereocenters. The van der Waals surface area contributed by atoms with Crippen molar-refractivity contribution in [3.8, 4) is 0 Å². The Balaban J connectivity index is 2.31. The van der Waals surface area contributed by atoms with Gasteiger partial charge in [0.05, 0.1) is 11.4 Å². The van der Waals surface area contributed by atoms with Gasteiger partial charge in [-0.3, -0.25) is 0 Å². The van der Waals surface area contributed by atoms with Crippen LogP contribution >= 0.6 is 0 Å². The number of nitrogens with zero attached hydrogens (tertiary/aromatic N) is 1. The van der Waals surface area contributed by atoms with Crippen LogP contribution in [0.15, 0.2) is 18.2 Å². The third-order valence-corrected chi connectivity index (χ3v) is 2.52. The first-order valence-corrected chi connectivity index (χ1v) is 4.98. The first kappa shape index (κ1) is 9.19. The lowest BCUT2D eigenvalue weighted by Crippen LogP contribution is -2.30. The van der Waals surface area contributed by atoms with Gasteiger partial charge in [0.2, 0.25) is 0 Å². The van der Waals surface area contributed by atoms with Crippen LogP contribution in [-0.2, 0) is 0 Å². The van der Waals surface area contributed by atoms with E-state index < -0.39 is 0 Å². The van der Waals surface area contributed by atoms with Crippen molar-refractivity contribution in [2.24, 2.45) is 0 Å². The second-order valence-corrected chi connectivity index (χ2v) is 4.05. The van der Waals surface area contributed by atoms with Gasteiger partial charge in [0.15, 0.2) is 0 Å². The van der Waals surface area contributed by atoms with E-state index in [0.29, 0.717) is 6.04 Å². The van der Waals surface area contributed by atoms with Crippen molar-refractivity contribution in [2.45, 2.75) is 13.0 Å². The van der Waals surface area contributed by atoms with Gasteiger partial charge in [-0.1, -0.05) is 0 Å². The number of rotatable bonds is 1. The molecule has 1 aromatic rings. The summed E-state index contributed by atoms with van der Waals surface area (Å²) in [6.07, 6.45) is 0. The van der Waals surface area contributed by atoms with Gasteiger partial charge in [-0.05, 0) is 25.1 Å². The lowest BCUT2D eigenvalue weighted by Gasteiger charge is -2.27. The molecule has 0 aliphatic carbocycles. The summed E-state index contributed by atoms with van der Waals surface area (Å²) >= 11 is 0. The molecule has 76 valence electrons. The Kier molecular flexibility index (Phi) is 2.23. The second kappa shape index (κ2) is 3.40. The Labute approximate surface area is 85.1 Å². The second-order valence-electron chi connectivity index (χ2n) is 4.05. The monoisotopic (exact) mass is 191 g/mol. The predicted molar refractivity (Wildman–Crippen MR) is 62.3 cm³/mol. The first-order valence-electron chi connectivity index (χ1n) is 4.98. The highest BCUT2D eigenvalue weighted by Gasteiger charge is 2.13. The fraction of sp³-hybridized carbons (Fsp3) is 0.455. The van der Waals surface area contributed by atoms with Gasteiger partial charge in [-0.15, -0.1) is 0 Å². The minimum absolute atomic E-state index is 0.507. The highest BCUT2D eigenvalue weighted by Crippen LogP contribution is 2.29. The summed E-state index contributed by atoms with van der Waals surface area (Å²) in [7, 11) is 4.11. The molecule has 1 atom stereocenters. The molecule has 2 N–H and O–H groups in total. The molecule has 0 radical (unpaired) electrons. The lowest BCUT2D eigenvalue weighted by atomic mass is 10.1. The molecule has 0 fully saturated rings. The molecule has 3 nitrogen and oxygen atoms in total. The normalized spacial score (nSPS) is 19.2. The number of hydrogen-bond donors (Lipinski definition) is 2. The van der Waals surface area contributed by atoms with Crippen molar-refractivity contribution in [3.05, 3.63) is 18.2 Å². The highest BCUT2D eigenvalue weighted by atomic mass is 15.1. The number of benzene rings is 1. The van der Waals surface area contributed by atoms with Gasteiger partial charge < -0.3 is 15.5 Å². The minimum Gasteiger partial charge on any atom is -0.381 e. The molecule has 0 spiro atoms. The summed E-state index contributed by atoms with van der Waals surface area (Å²) in [6.45, 7) is 3.17. The van der Waals surface area contributed by atoms with Crippen molar-refractivity contribution in [1.29, 1.82) is 0 Å². The fourth-order valence-corrected chi connectivity index (χ4v) is 1.66. The third kappa shape index (κ3) is 1.62. The van der Waals surface area contributed by atoms with E-state index in [1.807, 2.05) is 0 Å². The number of fused-ring (bicyclic) bond motifs is 1. The van der Waals surface area contributed by atoms with E-state index >= 15 is 0 Å². The van der Waals surface area contributed by atoms with Crippen LogP contribution in [-0.4, -0.2) is 26.7 Å². The lowest BCUT2D eigenvalue weighted by molar-refractivity contribution is 0.817. The van der Waals surface area contributed by atoms with Crippen LogP contribution in [0.2, 0.25) is 0 Å². The van der Waals surface area contributed by atoms with Crippen LogP contribution in [0, 0.1) is 0 Å². The molecule has 0 saturated carbocycles. The maximum atomic E-state index is 3.44. The summed E-state index contributed by atoms with van der Waals surface area (Å²) in [5.74, 6) is 0. The molecule has 0 amide bonds. The summed E-state index contributed by atoms with van der Waals surface area (Å²) in [5, 5.41) is 6.86. The van der Waals surface area contributed by atoms with Crippen LogP contribution in [0.25, 0.3) is 0 Å². The molecule has 0 saturated heterocycles. The molecule has 2 rings (SSSR count). The Morgan fingerprint density at radius 1 is 1.29 bits per heavy atom. The van der Waals surface area contributed by atoms with Crippen LogP contribution in [0.1, 0.15) is 6.92 Å². The molecule has 0 aromatic heterocycles. The summed E-state index contributed by atoms with van der Waals surface area (Å²) < 4.78 is 0. The predicted octanol–water partition coefficient (Wildman–Crippen LogP) is 1.98. The van der Waals surface area contributed by atoms with Crippen LogP contribution < -0.4 is 15.5 Å². The third-order valence-electron chi connectivity index (χ3n) is 2.52. The van der Waals surface area contributed by atoms with Crippen molar-refractivity contribution in [1.82, 2.24) is 0 Å². The molecule has 0 bridgehead atoms. The Hall–Kier alpha value is -1.38. The van der Waals surface area contributed by atoms with Gasteiger partial charge >= 0.3 is 0 Å². The van der Waals surface area contributed by atoms with Gasteiger partial charge in [-0.25, -0.2) is 0 Å². The molecular formula is C11H17N3. The zero-order valence-corrected chi connectivity index (χ0v) is 8.96. The quantitative estimate of drug-likeness (QED) is 0.710. The molecular weight excluding hydrogens is 174 g/mol. The zero-order valence-electron chi connectivity index (χ0n) is 8.96. The van der Waals surface area contributed by atoms with E-state index in [0.717, 1.165) is 6.54 Å². The molecule has 14 heavy (non-hydrogen) atoms. The van der Waals surface area contributed by atoms with Crippen molar-refractivity contribution < 1.29 is 0 Å². The molecule has 3 heteroatoms. The zero-order chi connectivity index (χ0) is 10.1. The smallest absolute Gasteiger partial charge is 0.0597 e. The Bertz CT molecular complexity index is 333. The maximum Gasteiger partial charge on any atom is 0.0597 e. The van der Waals surface area contributed by atoms with Crippen LogP contribution in [0.4, 0.5) is 17.1 Å². The fourth-order valence-electron chi connectivity index (χ4n) is 1.66. The maximum absolute atomic E-state index is 3.44. The van der Waals surface area contributed by atoms with E-state index in [4.69, 9.17) is 0 Å². The van der Waals surface area contributed by atoms with E-state index in [-0.39, 0.29) is 0 Å². The molecule has 1 aliphatic heterocycles. The standard InChI is InChI=1S/C11H17N3/c1-8-7-12-11-6-9(14(2)3)4-5-10(11)13-8/h4-6,8,12-13H,7H2,1-3H3. The van der Waals surface area contributed by atoms with Crippen LogP contribution in [0.5, 0.6) is 0 Å². The van der Waals surface area contributed by atoms with Crippen molar-refractivity contribution >= 4 is 17.1 Å². The van der Waals surface area contributed by atoms with Gasteiger partial charge in [0.25, 0.3) is 0 Å². The highest BCUT2D eigenvalue weighted by molar-refractivity contribution is 5.75. The van der Waals surface area contributed by atoms with Gasteiger partial charge in [-0.2, -0.15) is 0 Å². The average Bonchev–Trinajstić information content (AvgIpc) is 2.16. The topological polar surface area (TPSA) is 27.3 Å². The van der Waals surface area contributed by atoms with E-state index in [1.54, 1.807) is 0 Å². The summed E-state index contributed by atoms with van der Waals surface area (Å²) in [6, 6.07) is 6.94. The Morgan fingerprint density at radius 2 is 2.07 bits per heavy atom.